The molecule has 3 heteroatoms. The van der Waals surface area contributed by atoms with Crippen LogP contribution in [0.5, 0.6) is 5.75 Å². The summed E-state index contributed by atoms with van der Waals surface area (Å²) in [4.78, 5) is 0. The molecular formula is C17H29NO2. The van der Waals surface area contributed by atoms with Gasteiger partial charge in [-0.25, -0.2) is 0 Å². The highest BCUT2D eigenvalue weighted by Crippen LogP contribution is 2.26. The van der Waals surface area contributed by atoms with Gasteiger partial charge in [-0.15, -0.1) is 0 Å². The minimum atomic E-state index is -0.681. The highest BCUT2D eigenvalue weighted by Gasteiger charge is 2.23. The Morgan fingerprint density at radius 3 is 2.50 bits per heavy atom. The van der Waals surface area contributed by atoms with E-state index in [4.69, 9.17) is 4.74 Å². The molecule has 0 aliphatic rings. The Kier molecular flexibility index (Phi) is 6.03. The average Bonchev–Trinajstić information content (AvgIpc) is 2.34. The zero-order valence-corrected chi connectivity index (χ0v) is 13.7. The van der Waals surface area contributed by atoms with Gasteiger partial charge in [-0.3, -0.25) is 0 Å². The van der Waals surface area contributed by atoms with Gasteiger partial charge in [0.25, 0.3) is 0 Å². The van der Waals surface area contributed by atoms with Crippen molar-refractivity contribution < 1.29 is 9.84 Å². The van der Waals surface area contributed by atoms with Crippen LogP contribution in [0.25, 0.3) is 0 Å². The molecule has 0 heterocycles. The summed E-state index contributed by atoms with van der Waals surface area (Å²) in [7, 11) is 1.69. The highest BCUT2D eigenvalue weighted by atomic mass is 16.5. The molecule has 20 heavy (non-hydrogen) atoms. The zero-order chi connectivity index (χ0) is 15.3. The van der Waals surface area contributed by atoms with Crippen molar-refractivity contribution in [3.05, 3.63) is 29.3 Å². The summed E-state index contributed by atoms with van der Waals surface area (Å²) in [6.45, 7) is 10.9. The number of ether oxygens (including phenoxy) is 1. The second-order valence-corrected chi connectivity index (χ2v) is 6.44. The van der Waals surface area contributed by atoms with E-state index in [0.717, 1.165) is 17.7 Å². The highest BCUT2D eigenvalue weighted by molar-refractivity contribution is 5.38. The van der Waals surface area contributed by atoms with Gasteiger partial charge in [0, 0.05) is 18.2 Å². The summed E-state index contributed by atoms with van der Waals surface area (Å²) < 4.78 is 5.42. The van der Waals surface area contributed by atoms with Crippen LogP contribution in [0.15, 0.2) is 18.2 Å². The molecule has 0 spiro atoms. The maximum absolute atomic E-state index is 10.4. The van der Waals surface area contributed by atoms with Crippen LogP contribution in [0.2, 0.25) is 0 Å². The van der Waals surface area contributed by atoms with Crippen LogP contribution in [0.1, 0.15) is 51.3 Å². The first-order valence-corrected chi connectivity index (χ1v) is 7.35. The lowest BCUT2D eigenvalue weighted by atomic mass is 9.93. The summed E-state index contributed by atoms with van der Waals surface area (Å²) in [5.74, 6) is 1.37. The summed E-state index contributed by atoms with van der Waals surface area (Å²) in [5, 5.41) is 13.8. The molecule has 2 unspecified atom stereocenters. The molecule has 1 aromatic rings. The van der Waals surface area contributed by atoms with Crippen LogP contribution in [0, 0.1) is 12.8 Å². The van der Waals surface area contributed by atoms with Gasteiger partial charge in [0.15, 0.2) is 0 Å². The third-order valence-electron chi connectivity index (χ3n) is 3.49. The molecule has 1 aromatic carbocycles. The van der Waals surface area contributed by atoms with Crippen LogP contribution < -0.4 is 10.1 Å². The van der Waals surface area contributed by atoms with E-state index >= 15 is 0 Å². The Morgan fingerprint density at radius 1 is 1.30 bits per heavy atom. The topological polar surface area (TPSA) is 41.5 Å². The van der Waals surface area contributed by atoms with E-state index in [2.05, 4.69) is 39.1 Å². The number of hydrogen-bond donors (Lipinski definition) is 2. The van der Waals surface area contributed by atoms with Crippen molar-refractivity contribution in [3.63, 3.8) is 0 Å². The van der Waals surface area contributed by atoms with E-state index in [0.29, 0.717) is 12.5 Å². The van der Waals surface area contributed by atoms with Gasteiger partial charge in [-0.05, 0) is 39.2 Å². The van der Waals surface area contributed by atoms with Crippen molar-refractivity contribution >= 4 is 0 Å². The lowest BCUT2D eigenvalue weighted by Crippen LogP contribution is -2.39. The van der Waals surface area contributed by atoms with E-state index in [1.54, 1.807) is 7.11 Å². The third kappa shape index (κ3) is 5.14. The Morgan fingerprint density at radius 2 is 1.95 bits per heavy atom. The van der Waals surface area contributed by atoms with Gasteiger partial charge in [-0.2, -0.15) is 0 Å². The van der Waals surface area contributed by atoms with Crippen molar-refractivity contribution in [1.82, 2.24) is 5.32 Å². The number of benzene rings is 1. The standard InChI is InChI=1S/C17H29NO2/c1-12(2)10-17(5,19)11-18-14(4)15-9-13(3)7-8-16(15)20-6/h7-9,12,14,18-19H,10-11H2,1-6H3. The fourth-order valence-electron chi connectivity index (χ4n) is 2.63. The molecule has 0 aliphatic carbocycles. The summed E-state index contributed by atoms with van der Waals surface area (Å²) in [5.41, 5.74) is 1.66. The summed E-state index contributed by atoms with van der Waals surface area (Å²) >= 11 is 0. The summed E-state index contributed by atoms with van der Waals surface area (Å²) in [6, 6.07) is 6.32. The molecule has 0 saturated heterocycles. The Bertz CT molecular complexity index is 427. The maximum atomic E-state index is 10.4. The quantitative estimate of drug-likeness (QED) is 0.803. The number of aliphatic hydroxyl groups is 1. The molecule has 2 atom stereocenters. The van der Waals surface area contributed by atoms with Crippen LogP contribution in [0.4, 0.5) is 0 Å². The largest absolute Gasteiger partial charge is 0.496 e. The molecule has 2 N–H and O–H groups in total. The number of methoxy groups -OCH3 is 1. The smallest absolute Gasteiger partial charge is 0.123 e. The van der Waals surface area contributed by atoms with E-state index in [9.17, 15) is 5.11 Å². The monoisotopic (exact) mass is 279 g/mol. The number of rotatable bonds is 7. The predicted molar refractivity (Wildman–Crippen MR) is 84.2 cm³/mol. The molecule has 0 aromatic heterocycles. The normalized spacial score (nSPS) is 16.0. The first kappa shape index (κ1) is 17.0. The molecular weight excluding hydrogens is 250 g/mol. The SMILES string of the molecule is COc1ccc(C)cc1C(C)NCC(C)(O)CC(C)C. The second-order valence-electron chi connectivity index (χ2n) is 6.44. The van der Waals surface area contributed by atoms with Gasteiger partial charge in [0.2, 0.25) is 0 Å². The van der Waals surface area contributed by atoms with Crippen LogP contribution in [0.3, 0.4) is 0 Å². The van der Waals surface area contributed by atoms with E-state index < -0.39 is 5.60 Å². The lowest BCUT2D eigenvalue weighted by Gasteiger charge is -2.28. The van der Waals surface area contributed by atoms with Gasteiger partial charge >= 0.3 is 0 Å². The minimum absolute atomic E-state index is 0.142. The lowest BCUT2D eigenvalue weighted by molar-refractivity contribution is 0.0363. The molecule has 0 saturated carbocycles. The van der Waals surface area contributed by atoms with Crippen molar-refractivity contribution in [3.8, 4) is 5.75 Å². The predicted octanol–water partition coefficient (Wildman–Crippen LogP) is 3.45. The third-order valence-corrected chi connectivity index (χ3v) is 3.49. The Labute approximate surface area is 123 Å². The number of nitrogens with one attached hydrogen (secondary N) is 1. The van der Waals surface area contributed by atoms with E-state index in [1.807, 2.05) is 19.1 Å². The first-order valence-electron chi connectivity index (χ1n) is 7.35. The van der Waals surface area contributed by atoms with Crippen molar-refractivity contribution in [2.45, 2.75) is 52.7 Å². The van der Waals surface area contributed by atoms with Gasteiger partial charge in [0.1, 0.15) is 5.75 Å². The van der Waals surface area contributed by atoms with Crippen molar-refractivity contribution in [1.29, 1.82) is 0 Å². The second kappa shape index (κ2) is 7.09. The molecule has 0 radical (unpaired) electrons. The minimum Gasteiger partial charge on any atom is -0.496 e. The van der Waals surface area contributed by atoms with Crippen molar-refractivity contribution in [2.24, 2.45) is 5.92 Å². The average molecular weight is 279 g/mol. The summed E-state index contributed by atoms with van der Waals surface area (Å²) in [6.07, 6.45) is 0.789. The van der Waals surface area contributed by atoms with E-state index in [1.165, 1.54) is 5.56 Å². The van der Waals surface area contributed by atoms with E-state index in [-0.39, 0.29) is 6.04 Å². The van der Waals surface area contributed by atoms with Crippen LogP contribution >= 0.6 is 0 Å². The molecule has 114 valence electrons. The fourth-order valence-corrected chi connectivity index (χ4v) is 2.63. The Balaban J connectivity index is 2.72. The number of hydrogen-bond acceptors (Lipinski definition) is 3. The Hall–Kier alpha value is -1.06. The molecule has 0 amide bonds. The van der Waals surface area contributed by atoms with Crippen molar-refractivity contribution in [2.75, 3.05) is 13.7 Å². The van der Waals surface area contributed by atoms with Gasteiger partial charge in [-0.1, -0.05) is 31.5 Å². The molecule has 3 nitrogen and oxygen atoms in total. The van der Waals surface area contributed by atoms with Crippen LogP contribution in [-0.4, -0.2) is 24.4 Å². The molecule has 0 aliphatic heterocycles. The van der Waals surface area contributed by atoms with Gasteiger partial charge < -0.3 is 15.2 Å². The number of aryl methyl sites for hydroxylation is 1. The zero-order valence-electron chi connectivity index (χ0n) is 13.7. The fraction of sp³-hybridized carbons (Fsp3) is 0.647. The van der Waals surface area contributed by atoms with Crippen LogP contribution in [-0.2, 0) is 0 Å². The molecule has 1 rings (SSSR count). The molecule has 0 bridgehead atoms. The first-order chi connectivity index (χ1) is 9.25. The maximum Gasteiger partial charge on any atom is 0.123 e. The molecule has 0 fully saturated rings. The van der Waals surface area contributed by atoms with Gasteiger partial charge in [0.05, 0.1) is 12.7 Å².